The zero-order valence-electron chi connectivity index (χ0n) is 61.8. The summed E-state index contributed by atoms with van der Waals surface area (Å²) >= 11 is 0. The third-order valence-corrected chi connectivity index (χ3v) is 19.7. The van der Waals surface area contributed by atoms with Crippen LogP contribution < -0.4 is 0 Å². The standard InChI is InChI=1S/C76H148O17P2/c1-6-9-12-15-17-19-21-23-24-25-26-27-28-29-30-34-39-43-47-52-57-62-76(81)93-72(66-87-74(79)60-55-50-45-41-37-35-31-33-36-40-44-49-53-58-69(4)5)68-91-95(84,85)89-64-70(77)63-88-94(82,83)90-67-71(65-86-73(78)59-54-48-14-11-8-3)92-75(80)61-56-51-46-42-38-32-22-20-18-16-13-10-7-2/h69-72,77H,6-68H2,1-5H3,(H,82,83)(H,84,85)/t70-,71+,72+/m0/s1. The van der Waals surface area contributed by atoms with Gasteiger partial charge in [-0.15, -0.1) is 0 Å². The van der Waals surface area contributed by atoms with Crippen molar-refractivity contribution in [3.8, 4) is 0 Å². The van der Waals surface area contributed by atoms with Crippen molar-refractivity contribution >= 4 is 39.5 Å². The van der Waals surface area contributed by atoms with E-state index < -0.39 is 97.5 Å². The van der Waals surface area contributed by atoms with E-state index in [0.717, 1.165) is 102 Å². The minimum absolute atomic E-state index is 0.107. The van der Waals surface area contributed by atoms with Crippen LogP contribution in [0, 0.1) is 5.92 Å². The van der Waals surface area contributed by atoms with E-state index in [9.17, 15) is 43.2 Å². The highest BCUT2D eigenvalue weighted by atomic mass is 31.2. The van der Waals surface area contributed by atoms with Crippen molar-refractivity contribution in [1.82, 2.24) is 0 Å². The molecule has 0 rings (SSSR count). The van der Waals surface area contributed by atoms with Crippen molar-refractivity contribution in [1.29, 1.82) is 0 Å². The van der Waals surface area contributed by atoms with E-state index in [0.29, 0.717) is 25.7 Å². The molecule has 19 heteroatoms. The maximum absolute atomic E-state index is 13.1. The number of phosphoric acid groups is 2. The molecule has 17 nitrogen and oxygen atoms in total. The Balaban J connectivity index is 5.12. The second kappa shape index (κ2) is 69.2. The van der Waals surface area contributed by atoms with Crippen molar-refractivity contribution in [2.24, 2.45) is 5.92 Å². The molecule has 0 saturated heterocycles. The Hall–Kier alpha value is -1.94. The average molecular weight is 1400 g/mol. The van der Waals surface area contributed by atoms with E-state index in [1.165, 1.54) is 218 Å². The first kappa shape index (κ1) is 93.1. The highest BCUT2D eigenvalue weighted by molar-refractivity contribution is 7.47. The van der Waals surface area contributed by atoms with Crippen LogP contribution in [0.5, 0.6) is 0 Å². The summed E-state index contributed by atoms with van der Waals surface area (Å²) in [5, 5.41) is 10.6. The first-order valence-corrected chi connectivity index (χ1v) is 42.6. The van der Waals surface area contributed by atoms with Crippen molar-refractivity contribution in [2.45, 2.75) is 419 Å². The SMILES string of the molecule is CCCCCCCCCCCCCCCCCCCCCCCC(=O)O[C@H](COC(=O)CCCCCCCCCCCCCCCC(C)C)COP(=O)(O)OC[C@@H](O)COP(=O)(O)OC[C@@H](COC(=O)CCCCCCC)OC(=O)CCCCCCCCCCCCCCC. The van der Waals surface area contributed by atoms with Crippen molar-refractivity contribution in [2.75, 3.05) is 39.6 Å². The van der Waals surface area contributed by atoms with Crippen LogP contribution in [-0.2, 0) is 65.4 Å². The molecule has 0 aromatic carbocycles. The fourth-order valence-corrected chi connectivity index (χ4v) is 13.3. The van der Waals surface area contributed by atoms with Crippen LogP contribution in [0.1, 0.15) is 401 Å². The molecular formula is C76H148O17P2. The van der Waals surface area contributed by atoms with Crippen LogP contribution >= 0.6 is 15.6 Å². The number of hydrogen-bond donors (Lipinski definition) is 3. The summed E-state index contributed by atoms with van der Waals surface area (Å²) in [4.78, 5) is 72.5. The smallest absolute Gasteiger partial charge is 0.462 e. The zero-order valence-corrected chi connectivity index (χ0v) is 63.6. The fraction of sp³-hybridized carbons (Fsp3) is 0.947. The van der Waals surface area contributed by atoms with Gasteiger partial charge >= 0.3 is 39.5 Å². The quantitative estimate of drug-likeness (QED) is 0.0222. The lowest BCUT2D eigenvalue weighted by atomic mass is 10.0. The summed E-state index contributed by atoms with van der Waals surface area (Å²) in [5.74, 6) is -1.33. The second-order valence-electron chi connectivity index (χ2n) is 27.9. The lowest BCUT2D eigenvalue weighted by Crippen LogP contribution is -2.30. The lowest BCUT2D eigenvalue weighted by molar-refractivity contribution is -0.161. The van der Waals surface area contributed by atoms with E-state index in [4.69, 9.17) is 37.0 Å². The Labute approximate surface area is 581 Å². The third kappa shape index (κ3) is 70.3. The summed E-state index contributed by atoms with van der Waals surface area (Å²) in [7, 11) is -9.90. The third-order valence-electron chi connectivity index (χ3n) is 17.8. The van der Waals surface area contributed by atoms with E-state index in [-0.39, 0.29) is 25.7 Å². The molecule has 0 aromatic heterocycles. The Morgan fingerprint density at radius 3 is 0.716 bits per heavy atom. The normalized spacial score (nSPS) is 13.9. The number of hydrogen-bond acceptors (Lipinski definition) is 15. The summed E-state index contributed by atoms with van der Waals surface area (Å²) in [6, 6.07) is 0. The van der Waals surface area contributed by atoms with E-state index in [2.05, 4.69) is 34.6 Å². The summed E-state index contributed by atoms with van der Waals surface area (Å²) < 4.78 is 68.3. The molecule has 0 amide bonds. The number of aliphatic hydroxyl groups is 1. The van der Waals surface area contributed by atoms with Gasteiger partial charge in [0, 0.05) is 25.7 Å². The molecule has 0 aromatic rings. The number of phosphoric ester groups is 2. The van der Waals surface area contributed by atoms with Gasteiger partial charge in [-0.05, 0) is 31.6 Å². The Bertz CT molecular complexity index is 1820. The molecule has 0 fully saturated rings. The predicted molar refractivity (Wildman–Crippen MR) is 386 cm³/mol. The van der Waals surface area contributed by atoms with E-state index in [1.807, 2.05) is 0 Å². The van der Waals surface area contributed by atoms with Gasteiger partial charge in [0.25, 0.3) is 0 Å². The fourth-order valence-electron chi connectivity index (χ4n) is 11.7. The van der Waals surface area contributed by atoms with Crippen molar-refractivity contribution < 1.29 is 80.2 Å². The average Bonchev–Trinajstić information content (AvgIpc) is 2.33. The number of aliphatic hydroxyl groups excluding tert-OH is 1. The molecule has 0 aliphatic heterocycles. The Morgan fingerprint density at radius 1 is 0.284 bits per heavy atom. The number of carbonyl (C=O) groups is 4. The molecule has 0 aliphatic rings. The van der Waals surface area contributed by atoms with Crippen LogP contribution in [0.4, 0.5) is 0 Å². The Kier molecular flexibility index (Phi) is 67.7. The summed E-state index contributed by atoms with van der Waals surface area (Å²) in [6.07, 6.45) is 58.7. The largest absolute Gasteiger partial charge is 0.472 e. The molecule has 0 spiro atoms. The maximum Gasteiger partial charge on any atom is 0.472 e. The molecule has 0 heterocycles. The van der Waals surface area contributed by atoms with Crippen LogP contribution in [0.25, 0.3) is 0 Å². The molecule has 3 N–H and O–H groups in total. The van der Waals surface area contributed by atoms with E-state index >= 15 is 0 Å². The molecule has 0 saturated carbocycles. The first-order chi connectivity index (χ1) is 46.0. The molecule has 0 radical (unpaired) electrons. The van der Waals surface area contributed by atoms with Gasteiger partial charge in [-0.1, -0.05) is 349 Å². The topological polar surface area (TPSA) is 237 Å². The molecular weight excluding hydrogens is 1250 g/mol. The highest BCUT2D eigenvalue weighted by Crippen LogP contribution is 2.45. The summed E-state index contributed by atoms with van der Waals surface area (Å²) in [5.41, 5.74) is 0. The molecule has 564 valence electrons. The predicted octanol–water partition coefficient (Wildman–Crippen LogP) is 22.5. The summed E-state index contributed by atoms with van der Waals surface area (Å²) in [6.45, 7) is 7.22. The monoisotopic (exact) mass is 1400 g/mol. The maximum atomic E-state index is 13.1. The van der Waals surface area contributed by atoms with E-state index in [1.54, 1.807) is 0 Å². The van der Waals surface area contributed by atoms with Crippen molar-refractivity contribution in [3.63, 3.8) is 0 Å². The minimum Gasteiger partial charge on any atom is -0.462 e. The van der Waals surface area contributed by atoms with Crippen LogP contribution in [0.15, 0.2) is 0 Å². The van der Waals surface area contributed by atoms with Gasteiger partial charge in [0.05, 0.1) is 26.4 Å². The Morgan fingerprint density at radius 2 is 0.484 bits per heavy atom. The molecule has 5 atom stereocenters. The van der Waals surface area contributed by atoms with Gasteiger partial charge in [0.1, 0.15) is 19.3 Å². The lowest BCUT2D eigenvalue weighted by Gasteiger charge is -2.21. The second-order valence-corrected chi connectivity index (χ2v) is 30.8. The number of rotatable bonds is 76. The van der Waals surface area contributed by atoms with Gasteiger partial charge in [-0.3, -0.25) is 37.3 Å². The highest BCUT2D eigenvalue weighted by Gasteiger charge is 2.30. The molecule has 0 aliphatic carbocycles. The molecule has 0 bridgehead atoms. The first-order valence-electron chi connectivity index (χ1n) is 39.6. The van der Waals surface area contributed by atoms with Gasteiger partial charge in [-0.2, -0.15) is 0 Å². The number of carbonyl (C=O) groups excluding carboxylic acids is 4. The van der Waals surface area contributed by atoms with Crippen LogP contribution in [0.3, 0.4) is 0 Å². The van der Waals surface area contributed by atoms with Gasteiger partial charge < -0.3 is 33.8 Å². The number of unbranched alkanes of at least 4 members (excludes halogenated alkanes) is 48. The van der Waals surface area contributed by atoms with Gasteiger partial charge in [-0.25, -0.2) is 9.13 Å². The van der Waals surface area contributed by atoms with Gasteiger partial charge in [0.2, 0.25) is 0 Å². The minimum atomic E-state index is -4.95. The number of esters is 4. The van der Waals surface area contributed by atoms with Crippen LogP contribution in [-0.4, -0.2) is 96.7 Å². The number of ether oxygens (including phenoxy) is 4. The molecule has 95 heavy (non-hydrogen) atoms. The molecule has 2 unspecified atom stereocenters. The van der Waals surface area contributed by atoms with Gasteiger partial charge in [0.15, 0.2) is 12.2 Å². The van der Waals surface area contributed by atoms with Crippen molar-refractivity contribution in [3.05, 3.63) is 0 Å². The zero-order chi connectivity index (χ0) is 69.8. The van der Waals surface area contributed by atoms with Crippen LogP contribution in [0.2, 0.25) is 0 Å².